The van der Waals surface area contributed by atoms with Gasteiger partial charge >= 0.3 is 0 Å². The van der Waals surface area contributed by atoms with Gasteiger partial charge in [0.2, 0.25) is 5.91 Å². The van der Waals surface area contributed by atoms with Gasteiger partial charge in [0.1, 0.15) is 5.84 Å². The standard InChI is InChI=1S/C28H31ClN6O2/c29-22-13-25(34-23-11-17-6-9-19(23)10-17)35(37)24(27(22)20-2-1-3-21(30)12-20)14-26(36)33-15-16-4-7-18(8-5-16)28(31)32/h1-5,7-8,12-13,17,19,23,37H,6,9-11,14-15,30H2,(H3,31,32)(H,33,36)/t17?,19?,23-/m1/s1. The number of aromatic nitrogens is 1. The third kappa shape index (κ3) is 5.34. The van der Waals surface area contributed by atoms with Gasteiger partial charge in [0, 0.05) is 29.4 Å². The van der Waals surface area contributed by atoms with E-state index in [1.807, 2.05) is 24.3 Å². The van der Waals surface area contributed by atoms with Crippen LogP contribution in [0.4, 0.5) is 5.69 Å². The highest BCUT2D eigenvalue weighted by Crippen LogP contribution is 2.45. The average molecular weight is 519 g/mol. The van der Waals surface area contributed by atoms with E-state index in [4.69, 9.17) is 33.5 Å². The number of nitrogens with zero attached hydrogens (tertiary/aromatic N) is 2. The lowest BCUT2D eigenvalue weighted by molar-refractivity contribution is -0.120. The number of rotatable bonds is 7. The minimum absolute atomic E-state index is 0.00947. The highest BCUT2D eigenvalue weighted by atomic mass is 35.5. The van der Waals surface area contributed by atoms with Crippen molar-refractivity contribution in [3.8, 4) is 11.1 Å². The van der Waals surface area contributed by atoms with Gasteiger partial charge in [-0.1, -0.05) is 54.4 Å². The van der Waals surface area contributed by atoms with Crippen molar-refractivity contribution in [1.82, 2.24) is 10.0 Å². The number of nitrogens with one attached hydrogen (secondary N) is 2. The van der Waals surface area contributed by atoms with Crippen LogP contribution in [0.2, 0.25) is 5.02 Å². The molecule has 2 fully saturated rings. The molecule has 0 radical (unpaired) electrons. The zero-order chi connectivity index (χ0) is 26.1. The number of nitrogens with two attached hydrogens (primary N) is 2. The fourth-order valence-corrected chi connectivity index (χ4v) is 5.95. The van der Waals surface area contributed by atoms with Crippen molar-refractivity contribution in [2.24, 2.45) is 22.6 Å². The molecule has 0 saturated heterocycles. The van der Waals surface area contributed by atoms with Crippen molar-refractivity contribution >= 4 is 29.0 Å². The summed E-state index contributed by atoms with van der Waals surface area (Å²) in [5.41, 5.74) is 15.5. The zero-order valence-corrected chi connectivity index (χ0v) is 21.2. The van der Waals surface area contributed by atoms with Gasteiger partial charge in [0.25, 0.3) is 0 Å². The molecule has 1 amide bonds. The van der Waals surface area contributed by atoms with E-state index >= 15 is 0 Å². The van der Waals surface area contributed by atoms with Crippen LogP contribution in [0.25, 0.3) is 11.1 Å². The van der Waals surface area contributed by atoms with E-state index in [1.54, 1.807) is 30.3 Å². The number of carbonyl (C=O) groups excluding carboxylic acids is 1. The lowest BCUT2D eigenvalue weighted by atomic mass is 9.96. The molecule has 8 nitrogen and oxygen atoms in total. The first-order valence-electron chi connectivity index (χ1n) is 12.5. The summed E-state index contributed by atoms with van der Waals surface area (Å²) < 4.78 is 1.01. The summed E-state index contributed by atoms with van der Waals surface area (Å²) in [6.45, 7) is 0.291. The first kappa shape index (κ1) is 24.9. The molecule has 2 aromatic carbocycles. The molecule has 1 heterocycles. The van der Waals surface area contributed by atoms with Gasteiger partial charge in [-0.15, -0.1) is 0 Å². The second-order valence-electron chi connectivity index (χ2n) is 10.0. The number of hydrogen-bond acceptors (Lipinski definition) is 5. The van der Waals surface area contributed by atoms with Crippen molar-refractivity contribution in [1.29, 1.82) is 5.41 Å². The van der Waals surface area contributed by atoms with Crippen LogP contribution in [0, 0.1) is 17.2 Å². The summed E-state index contributed by atoms with van der Waals surface area (Å²) in [5, 5.41) is 22.1. The smallest absolute Gasteiger partial charge is 0.226 e. The molecule has 37 heavy (non-hydrogen) atoms. The molecule has 7 N–H and O–H groups in total. The topological polar surface area (TPSA) is 143 Å². The molecule has 2 bridgehead atoms. The SMILES string of the molecule is N=C(N)c1ccc(CNC(=O)Cc2c(-c3cccc(N)c3)c(Cl)cc(=N[C@@H]3CC4CCC3C4)n2O)cc1. The van der Waals surface area contributed by atoms with E-state index in [0.29, 0.717) is 57.0 Å². The number of amidine groups is 1. The molecule has 3 aromatic rings. The number of benzene rings is 2. The maximum Gasteiger partial charge on any atom is 0.226 e. The molecule has 0 aliphatic heterocycles. The van der Waals surface area contributed by atoms with Gasteiger partial charge in [-0.25, -0.2) is 0 Å². The summed E-state index contributed by atoms with van der Waals surface area (Å²) in [4.78, 5) is 17.9. The van der Waals surface area contributed by atoms with Crippen LogP contribution in [-0.2, 0) is 17.8 Å². The Kier molecular flexibility index (Phi) is 6.93. The Labute approximate surface area is 220 Å². The van der Waals surface area contributed by atoms with E-state index < -0.39 is 0 Å². The second-order valence-corrected chi connectivity index (χ2v) is 10.5. The average Bonchev–Trinajstić information content (AvgIpc) is 3.49. The van der Waals surface area contributed by atoms with Crippen molar-refractivity contribution in [2.45, 2.75) is 44.7 Å². The van der Waals surface area contributed by atoms with E-state index in [-0.39, 0.29) is 24.2 Å². The summed E-state index contributed by atoms with van der Waals surface area (Å²) in [5.74, 6) is 0.961. The predicted molar refractivity (Wildman–Crippen MR) is 144 cm³/mol. The number of fused-ring (bicyclic) bond motifs is 2. The van der Waals surface area contributed by atoms with E-state index in [1.165, 1.54) is 19.3 Å². The minimum atomic E-state index is -0.281. The largest absolute Gasteiger partial charge is 0.427 e. The number of hydrogen-bond donors (Lipinski definition) is 5. The van der Waals surface area contributed by atoms with Gasteiger partial charge in [0.15, 0.2) is 5.49 Å². The molecule has 0 spiro atoms. The van der Waals surface area contributed by atoms with E-state index in [2.05, 4.69) is 5.32 Å². The van der Waals surface area contributed by atoms with Crippen LogP contribution in [0.1, 0.15) is 42.5 Å². The van der Waals surface area contributed by atoms with Crippen LogP contribution in [0.5, 0.6) is 0 Å². The first-order chi connectivity index (χ1) is 17.8. The Morgan fingerprint density at radius 2 is 1.95 bits per heavy atom. The molecule has 2 aliphatic rings. The number of amides is 1. The monoisotopic (exact) mass is 518 g/mol. The molecular formula is C28H31ClN6O2. The highest BCUT2D eigenvalue weighted by Gasteiger charge is 2.39. The molecule has 3 atom stereocenters. The van der Waals surface area contributed by atoms with Gasteiger partial charge in [0.05, 0.1) is 23.2 Å². The van der Waals surface area contributed by atoms with E-state index in [0.717, 1.165) is 16.7 Å². The van der Waals surface area contributed by atoms with Crippen LogP contribution >= 0.6 is 11.6 Å². The maximum absolute atomic E-state index is 13.0. The Morgan fingerprint density at radius 3 is 2.59 bits per heavy atom. The second kappa shape index (κ2) is 10.3. The van der Waals surface area contributed by atoms with Crippen molar-refractivity contribution in [3.05, 3.63) is 81.9 Å². The highest BCUT2D eigenvalue weighted by molar-refractivity contribution is 6.33. The fourth-order valence-electron chi connectivity index (χ4n) is 5.64. The number of anilines is 1. The number of nitrogen functional groups attached to an aromatic ring is 2. The first-order valence-corrected chi connectivity index (χ1v) is 12.9. The third-order valence-corrected chi connectivity index (χ3v) is 7.81. The fraction of sp³-hybridized carbons (Fsp3) is 0.321. The Balaban J connectivity index is 1.45. The molecule has 2 aliphatic carbocycles. The van der Waals surface area contributed by atoms with Gasteiger partial charge in [-0.05, 0) is 54.4 Å². The van der Waals surface area contributed by atoms with Crippen LogP contribution < -0.4 is 22.3 Å². The molecular weight excluding hydrogens is 488 g/mol. The van der Waals surface area contributed by atoms with Crippen LogP contribution in [-0.4, -0.2) is 27.7 Å². The number of halogens is 1. The molecule has 1 aromatic heterocycles. The molecule has 2 saturated carbocycles. The van der Waals surface area contributed by atoms with Crippen molar-refractivity contribution in [3.63, 3.8) is 0 Å². The summed E-state index contributed by atoms with van der Waals surface area (Å²) in [6, 6.07) is 16.1. The Morgan fingerprint density at radius 1 is 1.16 bits per heavy atom. The van der Waals surface area contributed by atoms with Gasteiger partial charge in [-0.2, -0.15) is 4.73 Å². The Hall–Kier alpha value is -3.78. The predicted octanol–water partition coefficient (Wildman–Crippen LogP) is 3.86. The molecule has 192 valence electrons. The quantitative estimate of drug-likeness (QED) is 0.140. The normalized spacial score (nSPS) is 20.8. The Bertz CT molecular complexity index is 1420. The summed E-state index contributed by atoms with van der Waals surface area (Å²) in [7, 11) is 0. The van der Waals surface area contributed by atoms with Crippen LogP contribution in [0.15, 0.2) is 59.6 Å². The number of pyridine rings is 1. The van der Waals surface area contributed by atoms with Crippen molar-refractivity contribution < 1.29 is 10.0 Å². The molecule has 5 rings (SSSR count). The maximum atomic E-state index is 13.0. The third-order valence-electron chi connectivity index (χ3n) is 7.51. The molecule has 9 heteroatoms. The minimum Gasteiger partial charge on any atom is -0.427 e. The van der Waals surface area contributed by atoms with E-state index in [9.17, 15) is 10.0 Å². The van der Waals surface area contributed by atoms with Gasteiger partial charge < -0.3 is 22.0 Å². The lowest BCUT2D eigenvalue weighted by Crippen LogP contribution is -2.31. The number of carbonyl (C=O) groups is 1. The lowest BCUT2D eigenvalue weighted by Gasteiger charge is -2.19. The summed E-state index contributed by atoms with van der Waals surface area (Å²) in [6.07, 6.45) is 4.54. The van der Waals surface area contributed by atoms with Crippen LogP contribution in [0.3, 0.4) is 0 Å². The van der Waals surface area contributed by atoms with Crippen molar-refractivity contribution in [2.75, 3.05) is 5.73 Å². The zero-order valence-electron chi connectivity index (χ0n) is 20.5. The summed E-state index contributed by atoms with van der Waals surface area (Å²) >= 11 is 6.77. The molecule has 2 unspecified atom stereocenters. The van der Waals surface area contributed by atoms with Gasteiger partial charge in [-0.3, -0.25) is 15.2 Å².